The molecule has 0 bridgehead atoms. The zero-order valence-corrected chi connectivity index (χ0v) is 8.80. The fourth-order valence-corrected chi connectivity index (χ4v) is 2.06. The van der Waals surface area contributed by atoms with Crippen molar-refractivity contribution in [2.24, 2.45) is 0 Å². The molecule has 72 valence electrons. The van der Waals surface area contributed by atoms with Crippen LogP contribution in [0.5, 0.6) is 0 Å². The zero-order valence-electron chi connectivity index (χ0n) is 7.98. The molecule has 2 rings (SSSR count). The second-order valence-corrected chi connectivity index (χ2v) is 4.19. The third kappa shape index (κ3) is 1.58. The van der Waals surface area contributed by atoms with Crippen LogP contribution in [0.25, 0.3) is 10.7 Å². The number of aryl methyl sites for hydroxylation is 2. The van der Waals surface area contributed by atoms with Gasteiger partial charge in [-0.05, 0) is 13.8 Å². The molecule has 0 atom stereocenters. The van der Waals surface area contributed by atoms with Crippen molar-refractivity contribution in [1.82, 2.24) is 15.0 Å². The highest BCUT2D eigenvalue weighted by molar-refractivity contribution is 7.15. The van der Waals surface area contributed by atoms with Crippen molar-refractivity contribution in [1.29, 1.82) is 0 Å². The van der Waals surface area contributed by atoms with Crippen LogP contribution in [0, 0.1) is 13.8 Å². The van der Waals surface area contributed by atoms with E-state index in [2.05, 4.69) is 15.0 Å². The summed E-state index contributed by atoms with van der Waals surface area (Å²) in [6, 6.07) is 0. The minimum Gasteiger partial charge on any atom is -0.396 e. The van der Waals surface area contributed by atoms with Gasteiger partial charge in [0, 0.05) is 0 Å². The van der Waals surface area contributed by atoms with Crippen molar-refractivity contribution >= 4 is 17.0 Å². The SMILES string of the molecule is Cc1nc(C)c(-c2ncc(N)cn2)s1. The molecule has 0 fully saturated rings. The maximum absolute atomic E-state index is 5.51. The Morgan fingerprint density at radius 3 is 2.36 bits per heavy atom. The maximum atomic E-state index is 5.51. The second kappa shape index (κ2) is 3.34. The fraction of sp³-hybridized carbons (Fsp3) is 0.222. The number of hydrogen-bond acceptors (Lipinski definition) is 5. The Hall–Kier alpha value is -1.49. The van der Waals surface area contributed by atoms with Gasteiger partial charge in [0.1, 0.15) is 0 Å². The molecule has 2 aromatic heterocycles. The molecule has 0 aliphatic rings. The van der Waals surface area contributed by atoms with Crippen molar-refractivity contribution in [2.75, 3.05) is 5.73 Å². The van der Waals surface area contributed by atoms with Crippen LogP contribution in [0.1, 0.15) is 10.7 Å². The van der Waals surface area contributed by atoms with Gasteiger partial charge in [-0.3, -0.25) is 0 Å². The topological polar surface area (TPSA) is 64.7 Å². The van der Waals surface area contributed by atoms with E-state index < -0.39 is 0 Å². The smallest absolute Gasteiger partial charge is 0.171 e. The van der Waals surface area contributed by atoms with Gasteiger partial charge in [-0.25, -0.2) is 15.0 Å². The summed E-state index contributed by atoms with van der Waals surface area (Å²) in [5, 5.41) is 1.03. The van der Waals surface area contributed by atoms with Crippen LogP contribution in [0.15, 0.2) is 12.4 Å². The van der Waals surface area contributed by atoms with Gasteiger partial charge in [0.2, 0.25) is 0 Å². The largest absolute Gasteiger partial charge is 0.396 e. The molecular weight excluding hydrogens is 196 g/mol. The number of hydrogen-bond donors (Lipinski definition) is 1. The molecule has 4 nitrogen and oxygen atoms in total. The van der Waals surface area contributed by atoms with Crippen molar-refractivity contribution in [3.05, 3.63) is 23.1 Å². The van der Waals surface area contributed by atoms with E-state index in [1.54, 1.807) is 23.7 Å². The van der Waals surface area contributed by atoms with Crippen LogP contribution in [-0.4, -0.2) is 15.0 Å². The molecule has 0 saturated carbocycles. The summed E-state index contributed by atoms with van der Waals surface area (Å²) < 4.78 is 0. The van der Waals surface area contributed by atoms with Crippen LogP contribution in [0.4, 0.5) is 5.69 Å². The third-order valence-corrected chi connectivity index (χ3v) is 2.85. The molecular formula is C9H10N4S. The Labute approximate surface area is 85.9 Å². The normalized spacial score (nSPS) is 10.4. The van der Waals surface area contributed by atoms with E-state index in [-0.39, 0.29) is 0 Å². The summed E-state index contributed by atoms with van der Waals surface area (Å²) in [4.78, 5) is 13.6. The second-order valence-electron chi connectivity index (χ2n) is 2.99. The summed E-state index contributed by atoms with van der Waals surface area (Å²) in [7, 11) is 0. The van der Waals surface area contributed by atoms with E-state index in [1.807, 2.05) is 13.8 Å². The van der Waals surface area contributed by atoms with Gasteiger partial charge in [-0.2, -0.15) is 0 Å². The van der Waals surface area contributed by atoms with E-state index in [0.717, 1.165) is 15.6 Å². The van der Waals surface area contributed by atoms with Gasteiger partial charge >= 0.3 is 0 Å². The predicted molar refractivity (Wildman–Crippen MR) is 57.0 cm³/mol. The Kier molecular flexibility index (Phi) is 2.17. The van der Waals surface area contributed by atoms with Gasteiger partial charge in [-0.15, -0.1) is 11.3 Å². The van der Waals surface area contributed by atoms with Crippen LogP contribution in [0.3, 0.4) is 0 Å². The van der Waals surface area contributed by atoms with Crippen molar-refractivity contribution < 1.29 is 0 Å². The van der Waals surface area contributed by atoms with E-state index in [0.29, 0.717) is 11.5 Å². The van der Waals surface area contributed by atoms with E-state index >= 15 is 0 Å². The molecule has 2 heterocycles. The number of thiazole rings is 1. The highest BCUT2D eigenvalue weighted by Crippen LogP contribution is 2.26. The van der Waals surface area contributed by atoms with Crippen LogP contribution in [0.2, 0.25) is 0 Å². The lowest BCUT2D eigenvalue weighted by atomic mass is 10.3. The number of rotatable bonds is 1. The van der Waals surface area contributed by atoms with E-state index in [4.69, 9.17) is 5.73 Å². The fourth-order valence-electron chi connectivity index (χ4n) is 1.19. The summed E-state index contributed by atoms with van der Waals surface area (Å²) in [6.45, 7) is 3.93. The molecule has 2 aromatic rings. The van der Waals surface area contributed by atoms with Crippen LogP contribution >= 0.6 is 11.3 Å². The highest BCUT2D eigenvalue weighted by Gasteiger charge is 2.09. The Bertz CT molecular complexity index is 446. The Morgan fingerprint density at radius 2 is 1.86 bits per heavy atom. The van der Waals surface area contributed by atoms with Gasteiger partial charge in [-0.1, -0.05) is 0 Å². The summed E-state index contributed by atoms with van der Waals surface area (Å²) in [6.07, 6.45) is 3.22. The van der Waals surface area contributed by atoms with Crippen molar-refractivity contribution in [3.8, 4) is 10.7 Å². The molecule has 0 radical (unpaired) electrons. The predicted octanol–water partition coefficient (Wildman–Crippen LogP) is 1.80. The average Bonchev–Trinajstić information content (AvgIpc) is 2.47. The minimum absolute atomic E-state index is 0.577. The molecule has 0 unspecified atom stereocenters. The Balaban J connectivity index is 2.49. The lowest BCUT2D eigenvalue weighted by molar-refractivity contribution is 1.15. The van der Waals surface area contributed by atoms with Gasteiger partial charge < -0.3 is 5.73 Å². The van der Waals surface area contributed by atoms with Crippen LogP contribution in [-0.2, 0) is 0 Å². The lowest BCUT2D eigenvalue weighted by Gasteiger charge is -1.96. The quantitative estimate of drug-likeness (QED) is 0.772. The molecule has 0 aliphatic carbocycles. The van der Waals surface area contributed by atoms with Gasteiger partial charge in [0.05, 0.1) is 33.7 Å². The first-order valence-electron chi connectivity index (χ1n) is 4.19. The maximum Gasteiger partial charge on any atom is 0.171 e. The number of nitrogen functional groups attached to an aromatic ring is 1. The van der Waals surface area contributed by atoms with E-state index in [9.17, 15) is 0 Å². The molecule has 5 heteroatoms. The molecule has 0 spiro atoms. The minimum atomic E-state index is 0.577. The number of aromatic nitrogens is 3. The third-order valence-electron chi connectivity index (χ3n) is 1.78. The number of anilines is 1. The van der Waals surface area contributed by atoms with Gasteiger partial charge in [0.25, 0.3) is 0 Å². The van der Waals surface area contributed by atoms with Crippen molar-refractivity contribution in [3.63, 3.8) is 0 Å². The monoisotopic (exact) mass is 206 g/mol. The average molecular weight is 206 g/mol. The first-order chi connectivity index (χ1) is 6.66. The first-order valence-corrected chi connectivity index (χ1v) is 5.00. The highest BCUT2D eigenvalue weighted by atomic mass is 32.1. The zero-order chi connectivity index (χ0) is 10.1. The number of nitrogens with zero attached hydrogens (tertiary/aromatic N) is 3. The number of nitrogens with two attached hydrogens (primary N) is 1. The molecule has 14 heavy (non-hydrogen) atoms. The lowest BCUT2D eigenvalue weighted by Crippen LogP contribution is -1.91. The van der Waals surface area contributed by atoms with Gasteiger partial charge in [0.15, 0.2) is 5.82 Å². The van der Waals surface area contributed by atoms with E-state index in [1.165, 1.54) is 0 Å². The molecule has 0 aromatic carbocycles. The summed E-state index contributed by atoms with van der Waals surface area (Å²) in [5.41, 5.74) is 7.06. The Morgan fingerprint density at radius 1 is 1.21 bits per heavy atom. The standard InChI is InChI=1S/C9H10N4S/c1-5-8(14-6(2)13-5)9-11-3-7(10)4-12-9/h3-4H,10H2,1-2H3. The molecule has 0 saturated heterocycles. The molecule has 0 amide bonds. The molecule has 2 N–H and O–H groups in total. The van der Waals surface area contributed by atoms with Crippen molar-refractivity contribution in [2.45, 2.75) is 13.8 Å². The molecule has 0 aliphatic heterocycles. The first kappa shape index (κ1) is 9.08. The summed E-state index contributed by atoms with van der Waals surface area (Å²) >= 11 is 1.60. The van der Waals surface area contributed by atoms with Crippen LogP contribution < -0.4 is 5.73 Å². The summed E-state index contributed by atoms with van der Waals surface area (Å²) in [5.74, 6) is 0.697.